The Morgan fingerprint density at radius 3 is 0.381 bits per heavy atom. The van der Waals surface area contributed by atoms with Crippen LogP contribution in [0.25, 0.3) is 0 Å². The van der Waals surface area contributed by atoms with Gasteiger partial charge in [0.2, 0.25) is 0 Å². The van der Waals surface area contributed by atoms with Crippen LogP contribution in [0.1, 0.15) is 0 Å². The van der Waals surface area contributed by atoms with Crippen LogP contribution in [0.3, 0.4) is 0 Å². The molecule has 0 aromatic rings. The molecule has 1 rings (SSSR count). The molecule has 36 heteroatoms. The molecule has 0 amide bonds. The van der Waals surface area contributed by atoms with Crippen molar-refractivity contribution in [3.05, 3.63) is 0 Å². The molecule has 252 valence electrons. The van der Waals surface area contributed by atoms with Crippen LogP contribution in [0, 0.1) is 0 Å². The Bertz CT molecular complexity index is 843. The zero-order valence-electron chi connectivity index (χ0n) is 18.1. The zero-order chi connectivity index (χ0) is 28.7. The molecular formula is C6H6Fe6O24P6. The first-order valence-corrected chi connectivity index (χ1v) is 16.6. The Labute approximate surface area is 297 Å². The molecule has 0 N–H and O–H groups in total. The van der Waals surface area contributed by atoms with Crippen LogP contribution in [0.2, 0.25) is 0 Å². The van der Waals surface area contributed by atoms with Crippen LogP contribution in [-0.2, 0) is 157 Å². The van der Waals surface area contributed by atoms with Gasteiger partial charge in [0.25, 0.3) is 0 Å². The van der Waals surface area contributed by atoms with Crippen LogP contribution in [0.5, 0.6) is 0 Å². The van der Waals surface area contributed by atoms with E-state index in [0.717, 1.165) is 0 Å². The molecule has 0 bridgehead atoms. The van der Waals surface area contributed by atoms with Gasteiger partial charge in [-0.05, 0) is 0 Å². The first kappa shape index (κ1) is 58.0. The Morgan fingerprint density at radius 1 is 0.262 bits per heavy atom. The van der Waals surface area contributed by atoms with E-state index in [9.17, 15) is 86.1 Å². The van der Waals surface area contributed by atoms with Crippen molar-refractivity contribution in [3.63, 3.8) is 0 Å². The first-order valence-electron chi connectivity index (χ1n) is 7.80. The first-order chi connectivity index (χ1) is 15.6. The molecule has 0 unspecified atom stereocenters. The summed E-state index contributed by atoms with van der Waals surface area (Å²) in [6.07, 6.45) is -21.5. The topological polar surface area (TPSA) is 435 Å². The van der Waals surface area contributed by atoms with Gasteiger partial charge >= 0.3 is 102 Å². The van der Waals surface area contributed by atoms with Gasteiger partial charge in [-0.25, -0.2) is 0 Å². The number of rotatable bonds is 12. The number of phosphoric ester groups is 6. The Kier molecular flexibility index (Phi) is 29.1. The van der Waals surface area contributed by atoms with E-state index in [1.807, 2.05) is 0 Å². The average Bonchev–Trinajstić information content (AvgIpc) is 2.51. The van der Waals surface area contributed by atoms with E-state index in [2.05, 4.69) is 27.1 Å². The molecule has 0 spiro atoms. The molecule has 0 aliphatic heterocycles. The van der Waals surface area contributed by atoms with Crippen LogP contribution in [-0.4, -0.2) is 36.6 Å². The summed E-state index contributed by atoms with van der Waals surface area (Å²) in [7, 11) is -40.1. The van der Waals surface area contributed by atoms with Crippen molar-refractivity contribution >= 4 is 46.9 Å². The summed E-state index contributed by atoms with van der Waals surface area (Å²) in [5.74, 6) is 0. The molecule has 0 atom stereocenters. The molecule has 0 aromatic heterocycles. The van der Waals surface area contributed by atoms with Gasteiger partial charge < -0.3 is 113 Å². The molecule has 1 aliphatic rings. The van der Waals surface area contributed by atoms with E-state index < -0.39 is 83.6 Å². The largest absolute Gasteiger partial charge is 2.00 e. The van der Waals surface area contributed by atoms with E-state index in [1.165, 1.54) is 0 Å². The van der Waals surface area contributed by atoms with Crippen molar-refractivity contribution in [2.75, 3.05) is 0 Å². The number of hydrogen-bond acceptors (Lipinski definition) is 24. The molecule has 0 radical (unpaired) electrons. The summed E-state index contributed by atoms with van der Waals surface area (Å²) in [5, 5.41) is 0. The fourth-order valence-corrected chi connectivity index (χ4v) is 5.96. The van der Waals surface area contributed by atoms with E-state index in [4.69, 9.17) is 0 Å². The minimum Gasteiger partial charge on any atom is -0.790 e. The maximum absolute atomic E-state index is 11.1. The smallest absolute Gasteiger partial charge is 0.790 e. The van der Waals surface area contributed by atoms with E-state index in [-0.39, 0.29) is 102 Å². The summed E-state index contributed by atoms with van der Waals surface area (Å²) >= 11 is 0. The van der Waals surface area contributed by atoms with E-state index >= 15 is 0 Å². The molecule has 1 fully saturated rings. The van der Waals surface area contributed by atoms with Crippen molar-refractivity contribution in [1.82, 2.24) is 0 Å². The van der Waals surface area contributed by atoms with Gasteiger partial charge in [0.15, 0.2) is 0 Å². The molecule has 0 heterocycles. The predicted octanol–water partition coefficient (Wildman–Crippen LogP) is -10.7. The van der Waals surface area contributed by atoms with Gasteiger partial charge in [-0.3, -0.25) is 0 Å². The van der Waals surface area contributed by atoms with Crippen molar-refractivity contribution in [2.45, 2.75) is 36.6 Å². The van der Waals surface area contributed by atoms with Gasteiger partial charge in [0.1, 0.15) is 36.6 Å². The number of phosphoric acid groups is 6. The van der Waals surface area contributed by atoms with Gasteiger partial charge in [-0.2, -0.15) is 0 Å². The molecule has 24 nitrogen and oxygen atoms in total. The van der Waals surface area contributed by atoms with Crippen molar-refractivity contribution in [1.29, 1.82) is 0 Å². The zero-order valence-corrected chi connectivity index (χ0v) is 30.1. The maximum atomic E-state index is 11.1. The second-order valence-corrected chi connectivity index (χ2v) is 12.7. The molecular weight excluding hydrogens is 977 g/mol. The third-order valence-electron chi connectivity index (χ3n) is 3.45. The standard InChI is InChI=1S/C6H18O24P6.6Fe/c7-31(8,9)25-1-2(26-32(10,11)12)4(28-34(16,17)18)6(30-36(22,23)24)5(29-35(19,20)21)3(1)27-33(13,14)15;;;;;;/h1-6H,(H2,7,8,9)(H2,10,11,12)(H2,13,14,15)(H2,16,17,18)(H2,19,20,21)(H2,22,23,24);;;;;;/q;6*+2/p-12/t1-,2-,3-,4+,5-,6-;;;;;;. The van der Waals surface area contributed by atoms with Crippen LogP contribution < -0.4 is 58.7 Å². The van der Waals surface area contributed by atoms with Gasteiger partial charge in [0, 0.05) is 0 Å². The third kappa shape index (κ3) is 24.0. The third-order valence-corrected chi connectivity index (χ3v) is 6.46. The maximum Gasteiger partial charge on any atom is 2.00 e. The second-order valence-electron chi connectivity index (χ2n) is 6.10. The summed E-state index contributed by atoms with van der Waals surface area (Å²) < 4.78 is 88.3. The van der Waals surface area contributed by atoms with Crippen molar-refractivity contribution < 1.29 is 216 Å². The summed E-state index contributed by atoms with van der Waals surface area (Å²) in [6, 6.07) is 0. The number of hydrogen-bond donors (Lipinski definition) is 0. The van der Waals surface area contributed by atoms with Crippen LogP contribution in [0.15, 0.2) is 0 Å². The summed E-state index contributed by atoms with van der Waals surface area (Å²) in [5.41, 5.74) is 0. The Morgan fingerprint density at radius 2 is 0.333 bits per heavy atom. The quantitative estimate of drug-likeness (QED) is 0.129. The van der Waals surface area contributed by atoms with Crippen LogP contribution >= 0.6 is 46.9 Å². The van der Waals surface area contributed by atoms with Crippen molar-refractivity contribution in [3.8, 4) is 0 Å². The van der Waals surface area contributed by atoms with Crippen molar-refractivity contribution in [2.24, 2.45) is 0 Å². The van der Waals surface area contributed by atoms with Gasteiger partial charge in [-0.15, -0.1) is 0 Å². The average molecular weight is 983 g/mol. The molecule has 0 aromatic carbocycles. The molecule has 42 heavy (non-hydrogen) atoms. The minimum atomic E-state index is -6.68. The van der Waals surface area contributed by atoms with Gasteiger partial charge in [0.05, 0.1) is 46.9 Å². The fourth-order valence-electron chi connectivity index (χ4n) is 2.74. The SMILES string of the molecule is O=P([O-])([O-])O[C@H]1[C@H](OP(=O)([O-])[O-])[C@@H](OP(=O)([O-])[O-])[C@H](OP(=O)([O-])[O-])[C@@H](OP(=O)([O-])[O-])[C@H]1OP(=O)([O-])[O-].[Fe+2].[Fe+2].[Fe+2].[Fe+2].[Fe+2].[Fe+2]. The normalized spacial score (nSPS) is 25.1. The Hall–Kier alpha value is 3.78. The Balaban J connectivity index is -0.000000540. The monoisotopic (exact) mass is 983 g/mol. The van der Waals surface area contributed by atoms with Gasteiger partial charge in [-0.1, -0.05) is 0 Å². The fraction of sp³-hybridized carbons (Fsp3) is 1.00. The second kappa shape index (κ2) is 21.1. The van der Waals surface area contributed by atoms with E-state index in [1.54, 1.807) is 0 Å². The minimum absolute atomic E-state index is 0. The molecule has 1 saturated carbocycles. The molecule has 0 saturated heterocycles. The van der Waals surface area contributed by atoms with Crippen LogP contribution in [0.4, 0.5) is 0 Å². The molecule has 1 aliphatic carbocycles. The predicted molar refractivity (Wildman–Crippen MR) is 74.9 cm³/mol. The summed E-state index contributed by atoms with van der Waals surface area (Å²) in [4.78, 5) is 133. The summed E-state index contributed by atoms with van der Waals surface area (Å²) in [6.45, 7) is 0. The van der Waals surface area contributed by atoms with E-state index in [0.29, 0.717) is 0 Å².